The van der Waals surface area contributed by atoms with E-state index in [1.807, 2.05) is 20.8 Å². The highest BCUT2D eigenvalue weighted by Gasteiger charge is 2.27. The quantitative estimate of drug-likeness (QED) is 0.726. The predicted molar refractivity (Wildman–Crippen MR) is 97.2 cm³/mol. The maximum atomic E-state index is 12.6. The zero-order chi connectivity index (χ0) is 19.3. The van der Waals surface area contributed by atoms with Crippen LogP contribution in [-0.2, 0) is 19.6 Å². The molecule has 1 heterocycles. The third kappa shape index (κ3) is 5.04. The monoisotopic (exact) mass is 382 g/mol. The molecule has 1 aliphatic heterocycles. The lowest BCUT2D eigenvalue weighted by Gasteiger charge is -2.17. The second-order valence-corrected chi connectivity index (χ2v) is 8.75. The van der Waals surface area contributed by atoms with Crippen molar-refractivity contribution in [3.05, 3.63) is 29.8 Å². The average molecular weight is 382 g/mol. The van der Waals surface area contributed by atoms with Crippen molar-refractivity contribution in [2.24, 2.45) is 5.92 Å². The van der Waals surface area contributed by atoms with E-state index in [0.717, 1.165) is 12.8 Å². The minimum absolute atomic E-state index is 0.0323. The van der Waals surface area contributed by atoms with Crippen molar-refractivity contribution in [3.8, 4) is 0 Å². The molecule has 144 valence electrons. The van der Waals surface area contributed by atoms with Gasteiger partial charge in [-0.05, 0) is 43.9 Å². The van der Waals surface area contributed by atoms with Crippen LogP contribution in [0.5, 0.6) is 0 Å². The predicted octanol–water partition coefficient (Wildman–Crippen LogP) is 1.79. The van der Waals surface area contributed by atoms with Crippen LogP contribution in [0.4, 0.5) is 0 Å². The third-order valence-electron chi connectivity index (χ3n) is 4.50. The van der Waals surface area contributed by atoms with Gasteiger partial charge in [0.1, 0.15) is 0 Å². The van der Waals surface area contributed by atoms with Crippen LogP contribution >= 0.6 is 0 Å². The molecule has 0 saturated carbocycles. The number of nitrogens with one attached hydrogen (secondary N) is 1. The molecule has 8 heteroatoms. The van der Waals surface area contributed by atoms with E-state index in [0.29, 0.717) is 13.1 Å². The summed E-state index contributed by atoms with van der Waals surface area (Å²) in [6.07, 6.45) is 1.68. The van der Waals surface area contributed by atoms with Gasteiger partial charge < -0.3 is 10.1 Å². The third-order valence-corrected chi connectivity index (χ3v) is 6.39. The van der Waals surface area contributed by atoms with Crippen molar-refractivity contribution < 1.29 is 22.7 Å². The number of hydrogen-bond acceptors (Lipinski definition) is 5. The van der Waals surface area contributed by atoms with E-state index in [1.165, 1.54) is 28.6 Å². The average Bonchev–Trinajstić information content (AvgIpc) is 3.15. The molecule has 1 atom stereocenters. The van der Waals surface area contributed by atoms with Crippen molar-refractivity contribution in [2.75, 3.05) is 19.7 Å². The molecule has 7 nitrogen and oxygen atoms in total. The van der Waals surface area contributed by atoms with E-state index >= 15 is 0 Å². The minimum atomic E-state index is -3.61. The topological polar surface area (TPSA) is 92.8 Å². The summed E-state index contributed by atoms with van der Waals surface area (Å²) in [7, 11) is -3.61. The molecule has 1 fully saturated rings. The summed E-state index contributed by atoms with van der Waals surface area (Å²) in [5.41, 5.74) is 0.106. The largest absolute Gasteiger partial charge is 0.452 e. The molecule has 1 saturated heterocycles. The van der Waals surface area contributed by atoms with Crippen LogP contribution in [0.25, 0.3) is 0 Å². The number of nitrogens with zero attached hydrogens (tertiary/aromatic N) is 1. The van der Waals surface area contributed by atoms with Crippen molar-refractivity contribution in [2.45, 2.75) is 44.6 Å². The lowest BCUT2D eigenvalue weighted by Crippen LogP contribution is -2.38. The standard InChI is InChI=1S/C18H26N2O5S/c1-13(2)14(3)19-17(21)12-25-18(22)15-7-6-8-16(11-15)26(23,24)20-9-4-5-10-20/h6-8,11,13-14H,4-5,9-10,12H2,1-3H3,(H,19,21)/t14-/m1/s1. The van der Waals surface area contributed by atoms with E-state index < -0.39 is 22.6 Å². The molecule has 0 aliphatic carbocycles. The first-order valence-electron chi connectivity index (χ1n) is 8.78. The van der Waals surface area contributed by atoms with Crippen LogP contribution < -0.4 is 5.32 Å². The molecular weight excluding hydrogens is 356 g/mol. The Labute approximate surface area is 154 Å². The van der Waals surface area contributed by atoms with Crippen LogP contribution in [0.3, 0.4) is 0 Å². The summed E-state index contributed by atoms with van der Waals surface area (Å²) in [5, 5.41) is 2.74. The van der Waals surface area contributed by atoms with E-state index in [1.54, 1.807) is 0 Å². The molecule has 26 heavy (non-hydrogen) atoms. The molecule has 0 aromatic heterocycles. The SMILES string of the molecule is CC(C)[C@@H](C)NC(=O)COC(=O)c1cccc(S(=O)(=O)N2CCCC2)c1. The maximum absolute atomic E-state index is 12.6. The highest BCUT2D eigenvalue weighted by atomic mass is 32.2. The van der Waals surface area contributed by atoms with E-state index in [-0.39, 0.29) is 28.3 Å². The number of sulfonamides is 1. The van der Waals surface area contributed by atoms with Crippen LogP contribution in [-0.4, -0.2) is 50.3 Å². The Kier molecular flexibility index (Phi) is 6.77. The number of carbonyl (C=O) groups is 2. The molecule has 1 N–H and O–H groups in total. The van der Waals surface area contributed by atoms with Gasteiger partial charge in [0, 0.05) is 19.1 Å². The lowest BCUT2D eigenvalue weighted by molar-refractivity contribution is -0.125. The van der Waals surface area contributed by atoms with Gasteiger partial charge in [0.25, 0.3) is 5.91 Å². The fourth-order valence-corrected chi connectivity index (χ4v) is 4.10. The van der Waals surface area contributed by atoms with Gasteiger partial charge in [-0.15, -0.1) is 0 Å². The van der Waals surface area contributed by atoms with E-state index in [2.05, 4.69) is 5.32 Å². The van der Waals surface area contributed by atoms with Crippen LogP contribution in [0.1, 0.15) is 44.0 Å². The molecule has 1 aliphatic rings. The maximum Gasteiger partial charge on any atom is 0.338 e. The van der Waals surface area contributed by atoms with E-state index in [4.69, 9.17) is 4.74 Å². The number of hydrogen-bond donors (Lipinski definition) is 1. The van der Waals surface area contributed by atoms with Crippen LogP contribution in [0.15, 0.2) is 29.2 Å². The number of ether oxygens (including phenoxy) is 1. The first-order valence-corrected chi connectivity index (χ1v) is 10.2. The van der Waals surface area contributed by atoms with Gasteiger partial charge in [-0.3, -0.25) is 4.79 Å². The van der Waals surface area contributed by atoms with Crippen molar-refractivity contribution in [1.82, 2.24) is 9.62 Å². The Hall–Kier alpha value is -1.93. The Bertz CT molecular complexity index is 755. The normalized spacial score (nSPS) is 16.5. The van der Waals surface area contributed by atoms with Gasteiger partial charge in [-0.25, -0.2) is 13.2 Å². The molecule has 1 aromatic rings. The Morgan fingerprint density at radius 1 is 1.19 bits per heavy atom. The van der Waals surface area contributed by atoms with Gasteiger partial charge in [0.2, 0.25) is 10.0 Å². The summed E-state index contributed by atoms with van der Waals surface area (Å²) in [5.74, 6) is -0.849. The number of rotatable bonds is 7. The summed E-state index contributed by atoms with van der Waals surface area (Å²) in [6, 6.07) is 5.70. The van der Waals surface area contributed by atoms with Crippen molar-refractivity contribution in [3.63, 3.8) is 0 Å². The molecule has 0 bridgehead atoms. The highest BCUT2D eigenvalue weighted by molar-refractivity contribution is 7.89. The fourth-order valence-electron chi connectivity index (χ4n) is 2.54. The smallest absolute Gasteiger partial charge is 0.338 e. The number of carbonyl (C=O) groups excluding carboxylic acids is 2. The zero-order valence-corrected chi connectivity index (χ0v) is 16.2. The van der Waals surface area contributed by atoms with Gasteiger partial charge in [0.15, 0.2) is 6.61 Å². The Morgan fingerprint density at radius 3 is 2.46 bits per heavy atom. The van der Waals surface area contributed by atoms with Gasteiger partial charge in [0.05, 0.1) is 10.5 Å². The first-order chi connectivity index (χ1) is 12.2. The van der Waals surface area contributed by atoms with E-state index in [9.17, 15) is 18.0 Å². The minimum Gasteiger partial charge on any atom is -0.452 e. The Balaban J connectivity index is 2.01. The van der Waals surface area contributed by atoms with Gasteiger partial charge in [-0.1, -0.05) is 19.9 Å². The summed E-state index contributed by atoms with van der Waals surface area (Å²) < 4.78 is 31.6. The summed E-state index contributed by atoms with van der Waals surface area (Å²) in [4.78, 5) is 24.0. The van der Waals surface area contributed by atoms with Crippen LogP contribution in [0, 0.1) is 5.92 Å². The fraction of sp³-hybridized carbons (Fsp3) is 0.556. The summed E-state index contributed by atoms with van der Waals surface area (Å²) >= 11 is 0. The number of amides is 1. The molecule has 2 rings (SSSR count). The number of esters is 1. The van der Waals surface area contributed by atoms with Gasteiger partial charge >= 0.3 is 5.97 Å². The molecule has 1 aromatic carbocycles. The number of benzene rings is 1. The molecule has 1 amide bonds. The molecule has 0 radical (unpaired) electrons. The Morgan fingerprint density at radius 2 is 1.85 bits per heavy atom. The first kappa shape index (κ1) is 20.4. The second-order valence-electron chi connectivity index (χ2n) is 6.82. The second kappa shape index (κ2) is 8.64. The van der Waals surface area contributed by atoms with Crippen molar-refractivity contribution in [1.29, 1.82) is 0 Å². The highest BCUT2D eigenvalue weighted by Crippen LogP contribution is 2.21. The lowest BCUT2D eigenvalue weighted by atomic mass is 10.1. The van der Waals surface area contributed by atoms with Crippen LogP contribution in [0.2, 0.25) is 0 Å². The molecule has 0 spiro atoms. The summed E-state index contributed by atoms with van der Waals surface area (Å²) in [6.45, 7) is 6.40. The molecular formula is C18H26N2O5S. The van der Waals surface area contributed by atoms with Crippen molar-refractivity contribution >= 4 is 21.9 Å². The zero-order valence-electron chi connectivity index (χ0n) is 15.4. The van der Waals surface area contributed by atoms with Gasteiger partial charge in [-0.2, -0.15) is 4.31 Å². The molecule has 0 unspecified atom stereocenters.